The highest BCUT2D eigenvalue weighted by atomic mass is 16.7. The number of hydrogen-bond donors (Lipinski definition) is 1. The van der Waals surface area contributed by atoms with Gasteiger partial charge < -0.3 is 19.5 Å². The molecule has 14 heavy (non-hydrogen) atoms. The predicted molar refractivity (Wildman–Crippen MR) is 55.8 cm³/mol. The third-order valence-corrected chi connectivity index (χ3v) is 1.99. The van der Waals surface area contributed by atoms with Crippen LogP contribution in [0.1, 0.15) is 19.8 Å². The van der Waals surface area contributed by atoms with Crippen molar-refractivity contribution in [3.05, 3.63) is 6.29 Å². The van der Waals surface area contributed by atoms with Crippen molar-refractivity contribution in [2.24, 2.45) is 0 Å². The Bertz CT molecular complexity index is 118. The molecule has 0 aromatic heterocycles. The molecule has 4 heteroatoms. The van der Waals surface area contributed by atoms with E-state index in [1.54, 1.807) is 21.3 Å². The maximum atomic E-state index is 5.22. The van der Waals surface area contributed by atoms with Crippen LogP contribution in [0.15, 0.2) is 0 Å². The van der Waals surface area contributed by atoms with Gasteiger partial charge in [0.2, 0.25) is 0 Å². The fourth-order valence-electron chi connectivity index (χ4n) is 1.14. The Morgan fingerprint density at radius 2 is 1.86 bits per heavy atom. The van der Waals surface area contributed by atoms with E-state index in [0.29, 0.717) is 12.8 Å². The summed E-state index contributed by atoms with van der Waals surface area (Å²) in [4.78, 5) is 0. The molecule has 0 fully saturated rings. The number of methoxy groups -OCH3 is 3. The SMILES string of the molecule is CCCCNCC(OC)[C](OC)OC. The zero-order valence-electron chi connectivity index (χ0n) is 9.63. The fraction of sp³-hybridized carbons (Fsp3) is 0.900. The van der Waals surface area contributed by atoms with Crippen molar-refractivity contribution in [1.82, 2.24) is 5.32 Å². The van der Waals surface area contributed by atoms with Gasteiger partial charge in [-0.15, -0.1) is 0 Å². The van der Waals surface area contributed by atoms with Gasteiger partial charge in [-0.25, -0.2) is 0 Å². The first-order valence-corrected chi connectivity index (χ1v) is 4.98. The highest BCUT2D eigenvalue weighted by Gasteiger charge is 2.21. The minimum absolute atomic E-state index is 0.137. The molecule has 85 valence electrons. The van der Waals surface area contributed by atoms with Crippen LogP contribution in [-0.4, -0.2) is 40.5 Å². The van der Waals surface area contributed by atoms with Crippen molar-refractivity contribution in [1.29, 1.82) is 0 Å². The Morgan fingerprint density at radius 1 is 1.21 bits per heavy atom. The first kappa shape index (κ1) is 13.8. The molecule has 0 saturated carbocycles. The van der Waals surface area contributed by atoms with Gasteiger partial charge in [0.1, 0.15) is 6.10 Å². The van der Waals surface area contributed by atoms with Gasteiger partial charge in [-0.1, -0.05) is 13.3 Å². The predicted octanol–water partition coefficient (Wildman–Crippen LogP) is 1.17. The van der Waals surface area contributed by atoms with Crippen LogP contribution in [0.2, 0.25) is 0 Å². The molecule has 0 bridgehead atoms. The maximum Gasteiger partial charge on any atom is 0.254 e. The summed E-state index contributed by atoms with van der Waals surface area (Å²) < 4.78 is 15.3. The van der Waals surface area contributed by atoms with Crippen LogP contribution in [0.25, 0.3) is 0 Å². The number of unbranched alkanes of at least 4 members (excludes halogenated alkanes) is 1. The van der Waals surface area contributed by atoms with Crippen LogP contribution in [0.4, 0.5) is 0 Å². The Morgan fingerprint density at radius 3 is 2.29 bits per heavy atom. The van der Waals surface area contributed by atoms with E-state index in [-0.39, 0.29) is 6.10 Å². The number of ether oxygens (including phenoxy) is 3. The monoisotopic (exact) mass is 204 g/mol. The standard InChI is InChI=1S/C10H22NO3/c1-5-6-7-11-8-9(12-2)10(13-3)14-4/h9,11H,5-8H2,1-4H3. The molecule has 0 aliphatic heterocycles. The lowest BCUT2D eigenvalue weighted by Crippen LogP contribution is -2.35. The Hall–Kier alpha value is -0.160. The molecule has 1 N–H and O–H groups in total. The molecule has 4 nitrogen and oxygen atoms in total. The van der Waals surface area contributed by atoms with E-state index in [2.05, 4.69) is 12.2 Å². The van der Waals surface area contributed by atoms with Crippen LogP contribution in [0.5, 0.6) is 0 Å². The summed E-state index contributed by atoms with van der Waals surface area (Å²) in [6, 6.07) is 0. The van der Waals surface area contributed by atoms with Crippen LogP contribution < -0.4 is 5.32 Å². The first-order valence-electron chi connectivity index (χ1n) is 4.98. The molecule has 1 atom stereocenters. The Kier molecular flexibility index (Phi) is 9.29. The van der Waals surface area contributed by atoms with Crippen molar-refractivity contribution < 1.29 is 14.2 Å². The topological polar surface area (TPSA) is 39.7 Å². The van der Waals surface area contributed by atoms with Gasteiger partial charge >= 0.3 is 0 Å². The molecule has 1 unspecified atom stereocenters. The average molecular weight is 204 g/mol. The highest BCUT2D eigenvalue weighted by molar-refractivity contribution is 4.79. The van der Waals surface area contributed by atoms with E-state index < -0.39 is 0 Å². The molecule has 0 aromatic carbocycles. The summed E-state index contributed by atoms with van der Waals surface area (Å²) in [5, 5.41) is 3.28. The van der Waals surface area contributed by atoms with Crippen molar-refractivity contribution in [2.75, 3.05) is 34.4 Å². The van der Waals surface area contributed by atoms with Crippen molar-refractivity contribution >= 4 is 0 Å². The second kappa shape index (κ2) is 9.40. The number of hydrogen-bond acceptors (Lipinski definition) is 4. The van der Waals surface area contributed by atoms with E-state index in [4.69, 9.17) is 14.2 Å². The molecule has 0 aromatic rings. The third kappa shape index (κ3) is 5.54. The molecule has 0 aliphatic rings. The molecule has 0 amide bonds. The van der Waals surface area contributed by atoms with Gasteiger partial charge in [0.05, 0.1) is 0 Å². The molecule has 0 spiro atoms. The van der Waals surface area contributed by atoms with E-state index in [9.17, 15) is 0 Å². The Labute approximate surface area is 86.9 Å². The zero-order chi connectivity index (χ0) is 10.8. The molecule has 0 rings (SSSR count). The van der Waals surface area contributed by atoms with Crippen molar-refractivity contribution in [3.63, 3.8) is 0 Å². The minimum Gasteiger partial charge on any atom is -0.374 e. The zero-order valence-corrected chi connectivity index (χ0v) is 9.63. The summed E-state index contributed by atoms with van der Waals surface area (Å²) in [6.45, 7) is 3.88. The average Bonchev–Trinajstić information content (AvgIpc) is 2.23. The summed E-state index contributed by atoms with van der Waals surface area (Å²) in [7, 11) is 4.80. The van der Waals surface area contributed by atoms with Crippen LogP contribution in [0.3, 0.4) is 0 Å². The van der Waals surface area contributed by atoms with Gasteiger partial charge in [-0.05, 0) is 13.0 Å². The summed E-state index contributed by atoms with van der Waals surface area (Å²) in [5.74, 6) is 0. The number of rotatable bonds is 9. The van der Waals surface area contributed by atoms with Crippen LogP contribution >= 0.6 is 0 Å². The lowest BCUT2D eigenvalue weighted by Gasteiger charge is -2.21. The van der Waals surface area contributed by atoms with E-state index in [1.165, 1.54) is 12.8 Å². The molecule has 0 aliphatic carbocycles. The summed E-state index contributed by atoms with van der Waals surface area (Å²) in [5.41, 5.74) is 0. The quantitative estimate of drug-likeness (QED) is 0.572. The lowest BCUT2D eigenvalue weighted by molar-refractivity contribution is -0.0814. The summed E-state index contributed by atoms with van der Waals surface area (Å²) in [6.07, 6.45) is 2.74. The third-order valence-electron chi connectivity index (χ3n) is 1.99. The normalized spacial score (nSPS) is 13.5. The Balaban J connectivity index is 3.65. The molecular weight excluding hydrogens is 182 g/mol. The van der Waals surface area contributed by atoms with Gasteiger partial charge in [-0.2, -0.15) is 0 Å². The molecule has 0 heterocycles. The fourth-order valence-corrected chi connectivity index (χ4v) is 1.14. The van der Waals surface area contributed by atoms with Gasteiger partial charge in [0.15, 0.2) is 0 Å². The highest BCUT2D eigenvalue weighted by Crippen LogP contribution is 2.10. The molecular formula is C10H22NO3. The maximum absolute atomic E-state index is 5.22. The first-order chi connectivity index (χ1) is 6.79. The second-order valence-corrected chi connectivity index (χ2v) is 3.01. The van der Waals surface area contributed by atoms with Gasteiger partial charge in [0, 0.05) is 27.9 Å². The second-order valence-electron chi connectivity index (χ2n) is 3.01. The molecule has 0 saturated heterocycles. The van der Waals surface area contributed by atoms with Crippen LogP contribution in [-0.2, 0) is 14.2 Å². The summed E-state index contributed by atoms with van der Waals surface area (Å²) >= 11 is 0. The van der Waals surface area contributed by atoms with Crippen molar-refractivity contribution in [3.8, 4) is 0 Å². The lowest BCUT2D eigenvalue weighted by atomic mass is 10.3. The van der Waals surface area contributed by atoms with Crippen molar-refractivity contribution in [2.45, 2.75) is 25.9 Å². The van der Waals surface area contributed by atoms with E-state index in [1.807, 2.05) is 0 Å². The van der Waals surface area contributed by atoms with Gasteiger partial charge in [0.25, 0.3) is 6.29 Å². The molecule has 1 radical (unpaired) electrons. The largest absolute Gasteiger partial charge is 0.374 e. The van der Waals surface area contributed by atoms with Gasteiger partial charge in [-0.3, -0.25) is 0 Å². The number of nitrogens with one attached hydrogen (secondary N) is 1. The minimum atomic E-state index is -0.137. The van der Waals surface area contributed by atoms with E-state index in [0.717, 1.165) is 6.54 Å². The van der Waals surface area contributed by atoms with Crippen LogP contribution in [0, 0.1) is 6.29 Å². The van der Waals surface area contributed by atoms with E-state index >= 15 is 0 Å². The smallest absolute Gasteiger partial charge is 0.254 e.